The van der Waals surface area contributed by atoms with Gasteiger partial charge in [-0.3, -0.25) is 4.68 Å². The Hall–Kier alpha value is -1.20. The van der Waals surface area contributed by atoms with Crippen molar-refractivity contribution in [2.45, 2.75) is 6.04 Å². The number of nitrogens with zero attached hydrogens (tertiary/aromatic N) is 3. The fraction of sp³-hybridized carbons (Fsp3) is 0.500. The Morgan fingerprint density at radius 3 is 3.15 bits per heavy atom. The molecule has 0 bridgehead atoms. The van der Waals surface area contributed by atoms with Gasteiger partial charge in [0.2, 0.25) is 0 Å². The highest BCUT2D eigenvalue weighted by Crippen LogP contribution is 2.12. The lowest BCUT2D eigenvalue weighted by Gasteiger charge is -2.17. The molecule has 0 saturated carbocycles. The van der Waals surface area contributed by atoms with Crippen LogP contribution in [0.1, 0.15) is 5.69 Å². The Morgan fingerprint density at radius 2 is 2.54 bits per heavy atom. The molecule has 1 aromatic heterocycles. The zero-order valence-corrected chi connectivity index (χ0v) is 7.57. The predicted molar refractivity (Wildman–Crippen MR) is 49.8 cm³/mol. The number of hydrogen-bond donors (Lipinski definition) is 2. The summed E-state index contributed by atoms with van der Waals surface area (Å²) in [6, 6.07) is 0.0887. The smallest absolute Gasteiger partial charge is 0.110 e. The molecule has 0 saturated heterocycles. The number of nitrogens with two attached hydrogens (primary N) is 1. The Kier molecular flexibility index (Phi) is 2.12. The summed E-state index contributed by atoms with van der Waals surface area (Å²) in [5.74, 6) is 0. The molecule has 1 aromatic rings. The molecule has 1 aliphatic rings. The number of aryl methyl sites for hydroxylation is 1. The molecule has 1 aliphatic heterocycles. The van der Waals surface area contributed by atoms with Crippen molar-refractivity contribution < 1.29 is 0 Å². The van der Waals surface area contributed by atoms with E-state index in [-0.39, 0.29) is 6.04 Å². The summed E-state index contributed by atoms with van der Waals surface area (Å²) in [4.78, 5) is 0. The van der Waals surface area contributed by atoms with Crippen molar-refractivity contribution in [3.8, 4) is 0 Å². The first-order valence-electron chi connectivity index (χ1n) is 4.29. The van der Waals surface area contributed by atoms with Crippen LogP contribution in [0.25, 0.3) is 5.57 Å². The third kappa shape index (κ3) is 1.76. The minimum Gasteiger partial charge on any atom is -0.323 e. The lowest BCUT2D eigenvalue weighted by atomic mass is 10.1. The summed E-state index contributed by atoms with van der Waals surface area (Å²) in [6.07, 6.45) is 3.94. The summed E-state index contributed by atoms with van der Waals surface area (Å²) >= 11 is 0. The maximum Gasteiger partial charge on any atom is 0.110 e. The van der Waals surface area contributed by atoms with Crippen molar-refractivity contribution >= 4 is 5.57 Å². The molecule has 0 aromatic carbocycles. The lowest BCUT2D eigenvalue weighted by molar-refractivity contribution is 0.661. The molecule has 0 fully saturated rings. The second-order valence-corrected chi connectivity index (χ2v) is 3.26. The van der Waals surface area contributed by atoms with Crippen molar-refractivity contribution in [1.82, 2.24) is 20.3 Å². The van der Waals surface area contributed by atoms with Crippen molar-refractivity contribution in [3.63, 3.8) is 0 Å². The quantitative estimate of drug-likeness (QED) is 0.588. The van der Waals surface area contributed by atoms with Crippen LogP contribution >= 0.6 is 0 Å². The van der Waals surface area contributed by atoms with E-state index in [9.17, 15) is 0 Å². The van der Waals surface area contributed by atoms with Gasteiger partial charge in [-0.15, -0.1) is 5.10 Å². The molecular formula is C8H13N5. The number of hydrogen-bond acceptors (Lipinski definition) is 4. The van der Waals surface area contributed by atoms with Crippen molar-refractivity contribution in [3.05, 3.63) is 18.0 Å². The SMILES string of the molecule is Cn1cc(C2=CC(N)CNC2)nn1. The fourth-order valence-electron chi connectivity index (χ4n) is 1.42. The van der Waals surface area contributed by atoms with E-state index in [1.807, 2.05) is 19.3 Å². The van der Waals surface area contributed by atoms with Gasteiger partial charge >= 0.3 is 0 Å². The van der Waals surface area contributed by atoms with Gasteiger partial charge in [-0.05, 0) is 5.57 Å². The zero-order valence-electron chi connectivity index (χ0n) is 7.57. The summed E-state index contributed by atoms with van der Waals surface area (Å²) in [5.41, 5.74) is 7.81. The van der Waals surface area contributed by atoms with E-state index in [0.29, 0.717) is 0 Å². The first-order chi connectivity index (χ1) is 6.25. The minimum atomic E-state index is 0.0887. The van der Waals surface area contributed by atoms with E-state index >= 15 is 0 Å². The highest BCUT2D eigenvalue weighted by atomic mass is 15.4. The Morgan fingerprint density at radius 1 is 1.69 bits per heavy atom. The zero-order chi connectivity index (χ0) is 9.26. The molecule has 2 rings (SSSR count). The third-order valence-electron chi connectivity index (χ3n) is 2.04. The second kappa shape index (κ2) is 3.27. The number of nitrogens with one attached hydrogen (secondary N) is 1. The maximum absolute atomic E-state index is 5.78. The van der Waals surface area contributed by atoms with E-state index in [4.69, 9.17) is 5.73 Å². The van der Waals surface area contributed by atoms with Crippen LogP contribution in [0.4, 0.5) is 0 Å². The topological polar surface area (TPSA) is 68.8 Å². The molecule has 0 radical (unpaired) electrons. The summed E-state index contributed by atoms with van der Waals surface area (Å²) in [5, 5.41) is 11.1. The van der Waals surface area contributed by atoms with Gasteiger partial charge in [0.1, 0.15) is 5.69 Å². The molecule has 0 aliphatic carbocycles. The van der Waals surface area contributed by atoms with Crippen molar-refractivity contribution in [2.75, 3.05) is 13.1 Å². The van der Waals surface area contributed by atoms with Crippen LogP contribution < -0.4 is 11.1 Å². The molecular weight excluding hydrogens is 166 g/mol. The van der Waals surface area contributed by atoms with Gasteiger partial charge in [0.25, 0.3) is 0 Å². The van der Waals surface area contributed by atoms with E-state index in [0.717, 1.165) is 24.4 Å². The van der Waals surface area contributed by atoms with E-state index in [1.165, 1.54) is 0 Å². The monoisotopic (exact) mass is 179 g/mol. The molecule has 5 heteroatoms. The second-order valence-electron chi connectivity index (χ2n) is 3.26. The largest absolute Gasteiger partial charge is 0.323 e. The standard InChI is InChI=1S/C8H13N5/c1-13-5-8(11-12-13)6-2-7(9)4-10-3-6/h2,5,7,10H,3-4,9H2,1H3. The predicted octanol–water partition coefficient (Wildman–Crippen LogP) is -0.871. The van der Waals surface area contributed by atoms with Gasteiger partial charge in [-0.1, -0.05) is 11.3 Å². The van der Waals surface area contributed by atoms with E-state index in [1.54, 1.807) is 4.68 Å². The van der Waals surface area contributed by atoms with Crippen LogP contribution in [0.3, 0.4) is 0 Å². The van der Waals surface area contributed by atoms with Crippen LogP contribution in [0, 0.1) is 0 Å². The minimum absolute atomic E-state index is 0.0887. The molecule has 3 N–H and O–H groups in total. The fourth-order valence-corrected chi connectivity index (χ4v) is 1.42. The summed E-state index contributed by atoms with van der Waals surface area (Å²) < 4.78 is 1.69. The van der Waals surface area contributed by atoms with E-state index < -0.39 is 0 Å². The van der Waals surface area contributed by atoms with Gasteiger partial charge in [0, 0.05) is 26.2 Å². The Balaban J connectivity index is 2.25. The maximum atomic E-state index is 5.78. The van der Waals surface area contributed by atoms with Crippen LogP contribution in [0.2, 0.25) is 0 Å². The Bertz CT molecular complexity index is 327. The average Bonchev–Trinajstić information content (AvgIpc) is 2.52. The number of rotatable bonds is 1. The summed E-state index contributed by atoms with van der Waals surface area (Å²) in [7, 11) is 1.85. The molecule has 2 heterocycles. The normalized spacial score (nSPS) is 22.9. The van der Waals surface area contributed by atoms with Gasteiger partial charge in [-0.25, -0.2) is 0 Å². The molecule has 5 nitrogen and oxygen atoms in total. The van der Waals surface area contributed by atoms with Crippen LogP contribution in [0.5, 0.6) is 0 Å². The van der Waals surface area contributed by atoms with Gasteiger partial charge in [0.05, 0.1) is 6.20 Å². The Labute approximate surface area is 76.6 Å². The van der Waals surface area contributed by atoms with E-state index in [2.05, 4.69) is 15.6 Å². The molecule has 13 heavy (non-hydrogen) atoms. The average molecular weight is 179 g/mol. The highest BCUT2D eigenvalue weighted by Gasteiger charge is 2.12. The molecule has 0 amide bonds. The van der Waals surface area contributed by atoms with Gasteiger partial charge < -0.3 is 11.1 Å². The van der Waals surface area contributed by atoms with Crippen molar-refractivity contribution in [1.29, 1.82) is 0 Å². The molecule has 1 atom stereocenters. The van der Waals surface area contributed by atoms with Crippen LogP contribution in [-0.2, 0) is 7.05 Å². The third-order valence-corrected chi connectivity index (χ3v) is 2.04. The van der Waals surface area contributed by atoms with Gasteiger partial charge in [0.15, 0.2) is 0 Å². The summed E-state index contributed by atoms with van der Waals surface area (Å²) in [6.45, 7) is 1.66. The first-order valence-corrected chi connectivity index (χ1v) is 4.29. The number of aromatic nitrogens is 3. The molecule has 70 valence electrons. The molecule has 0 spiro atoms. The van der Waals surface area contributed by atoms with Gasteiger partial charge in [-0.2, -0.15) is 0 Å². The van der Waals surface area contributed by atoms with Crippen LogP contribution in [-0.4, -0.2) is 34.1 Å². The van der Waals surface area contributed by atoms with Crippen LogP contribution in [0.15, 0.2) is 12.3 Å². The first kappa shape index (κ1) is 8.40. The molecule has 1 unspecified atom stereocenters. The van der Waals surface area contributed by atoms with Crippen molar-refractivity contribution in [2.24, 2.45) is 12.8 Å². The highest BCUT2D eigenvalue weighted by molar-refractivity contribution is 5.64. The lowest BCUT2D eigenvalue weighted by Crippen LogP contribution is -2.37.